The van der Waals surface area contributed by atoms with E-state index in [9.17, 15) is 13.2 Å². The highest BCUT2D eigenvalue weighted by Gasteiger charge is 2.42. The van der Waals surface area contributed by atoms with Gasteiger partial charge in [-0.3, -0.25) is 0 Å². The number of nitrogens with two attached hydrogens (primary N) is 1. The van der Waals surface area contributed by atoms with Crippen LogP contribution < -0.4 is 5.73 Å². The molecule has 0 aromatic heterocycles. The third kappa shape index (κ3) is 3.94. The quantitative estimate of drug-likeness (QED) is 0.814. The van der Waals surface area contributed by atoms with Gasteiger partial charge in [-0.25, -0.2) is 0 Å². The van der Waals surface area contributed by atoms with Crippen molar-refractivity contribution in [2.45, 2.75) is 44.3 Å². The average Bonchev–Trinajstić information content (AvgIpc) is 2.25. The summed E-state index contributed by atoms with van der Waals surface area (Å²) in [5.41, 5.74) is 5.40. The molecule has 1 fully saturated rings. The lowest BCUT2D eigenvalue weighted by molar-refractivity contribution is -0.186. The molecule has 1 aliphatic carbocycles. The Morgan fingerprint density at radius 2 is 2.00 bits per heavy atom. The molecule has 0 radical (unpaired) electrons. The molecule has 2 atom stereocenters. The van der Waals surface area contributed by atoms with Crippen LogP contribution in [0.1, 0.15) is 32.1 Å². The smallest absolute Gasteiger partial charge is 0.330 e. The SMILES string of the molecule is CN(CCCN)C1CCCC(C(F)(F)F)C1. The monoisotopic (exact) mass is 238 g/mol. The van der Waals surface area contributed by atoms with Crippen molar-refractivity contribution in [2.75, 3.05) is 20.1 Å². The Balaban J connectivity index is 2.43. The summed E-state index contributed by atoms with van der Waals surface area (Å²) in [7, 11) is 1.90. The van der Waals surface area contributed by atoms with E-state index in [0.717, 1.165) is 19.4 Å². The molecule has 16 heavy (non-hydrogen) atoms. The van der Waals surface area contributed by atoms with Crippen LogP contribution in [0.15, 0.2) is 0 Å². The molecule has 0 amide bonds. The Labute approximate surface area is 95.0 Å². The fraction of sp³-hybridized carbons (Fsp3) is 1.00. The van der Waals surface area contributed by atoms with E-state index in [4.69, 9.17) is 5.73 Å². The first-order valence-electron chi connectivity index (χ1n) is 5.92. The molecule has 0 aromatic rings. The van der Waals surface area contributed by atoms with Crippen LogP contribution in [0.2, 0.25) is 0 Å². The van der Waals surface area contributed by atoms with Gasteiger partial charge in [0.25, 0.3) is 0 Å². The van der Waals surface area contributed by atoms with Gasteiger partial charge in [-0.1, -0.05) is 6.42 Å². The molecule has 0 bridgehead atoms. The van der Waals surface area contributed by atoms with Crippen LogP contribution in [0.3, 0.4) is 0 Å². The van der Waals surface area contributed by atoms with Crippen molar-refractivity contribution < 1.29 is 13.2 Å². The Morgan fingerprint density at radius 1 is 1.31 bits per heavy atom. The lowest BCUT2D eigenvalue weighted by atomic mass is 9.84. The summed E-state index contributed by atoms with van der Waals surface area (Å²) in [6, 6.07) is 0.0759. The van der Waals surface area contributed by atoms with Gasteiger partial charge in [-0.2, -0.15) is 13.2 Å². The second kappa shape index (κ2) is 5.87. The molecule has 0 heterocycles. The maximum absolute atomic E-state index is 12.6. The van der Waals surface area contributed by atoms with Crippen LogP contribution in [0.5, 0.6) is 0 Å². The van der Waals surface area contributed by atoms with E-state index >= 15 is 0 Å². The third-order valence-corrected chi connectivity index (χ3v) is 3.45. The van der Waals surface area contributed by atoms with Gasteiger partial charge in [-0.15, -0.1) is 0 Å². The summed E-state index contributed by atoms with van der Waals surface area (Å²) < 4.78 is 37.8. The van der Waals surface area contributed by atoms with Crippen molar-refractivity contribution in [1.82, 2.24) is 4.90 Å². The molecular formula is C11H21F3N2. The van der Waals surface area contributed by atoms with Gasteiger partial charge in [0.05, 0.1) is 5.92 Å². The Hall–Kier alpha value is -0.290. The predicted octanol–water partition coefficient (Wildman–Crippen LogP) is 2.39. The fourth-order valence-corrected chi connectivity index (χ4v) is 2.38. The van der Waals surface area contributed by atoms with Crippen LogP contribution in [0.4, 0.5) is 13.2 Å². The van der Waals surface area contributed by atoms with Gasteiger partial charge in [0, 0.05) is 6.04 Å². The summed E-state index contributed by atoms with van der Waals surface area (Å²) in [5, 5.41) is 0. The first-order valence-corrected chi connectivity index (χ1v) is 5.92. The Kier molecular flexibility index (Phi) is 5.05. The molecular weight excluding hydrogens is 217 g/mol. The molecule has 0 saturated heterocycles. The number of nitrogens with zero attached hydrogens (tertiary/aromatic N) is 1. The van der Waals surface area contributed by atoms with Crippen LogP contribution >= 0.6 is 0 Å². The van der Waals surface area contributed by atoms with Gasteiger partial charge in [0.1, 0.15) is 0 Å². The van der Waals surface area contributed by atoms with E-state index in [1.807, 2.05) is 11.9 Å². The highest BCUT2D eigenvalue weighted by molar-refractivity contribution is 4.82. The summed E-state index contributed by atoms with van der Waals surface area (Å²) in [5.74, 6) is -1.11. The van der Waals surface area contributed by atoms with Crippen molar-refractivity contribution in [2.24, 2.45) is 11.7 Å². The molecule has 2 N–H and O–H groups in total. The van der Waals surface area contributed by atoms with E-state index in [-0.39, 0.29) is 12.5 Å². The molecule has 1 saturated carbocycles. The maximum atomic E-state index is 12.6. The second-order valence-corrected chi connectivity index (χ2v) is 4.68. The number of rotatable bonds is 4. The molecule has 2 unspecified atom stereocenters. The summed E-state index contributed by atoms with van der Waals surface area (Å²) >= 11 is 0. The molecule has 1 aliphatic rings. The van der Waals surface area contributed by atoms with E-state index in [0.29, 0.717) is 19.4 Å². The summed E-state index contributed by atoms with van der Waals surface area (Å²) in [4.78, 5) is 2.03. The van der Waals surface area contributed by atoms with Crippen LogP contribution in [0, 0.1) is 5.92 Å². The molecule has 5 heteroatoms. The van der Waals surface area contributed by atoms with Gasteiger partial charge in [0.2, 0.25) is 0 Å². The van der Waals surface area contributed by atoms with E-state index in [2.05, 4.69) is 0 Å². The zero-order valence-corrected chi connectivity index (χ0v) is 9.76. The van der Waals surface area contributed by atoms with Crippen molar-refractivity contribution in [3.63, 3.8) is 0 Å². The minimum Gasteiger partial charge on any atom is -0.330 e. The van der Waals surface area contributed by atoms with Crippen LogP contribution in [-0.4, -0.2) is 37.3 Å². The van der Waals surface area contributed by atoms with Crippen LogP contribution in [0.25, 0.3) is 0 Å². The lowest BCUT2D eigenvalue weighted by Crippen LogP contribution is -2.40. The largest absolute Gasteiger partial charge is 0.391 e. The average molecular weight is 238 g/mol. The standard InChI is InChI=1S/C11H21F3N2/c1-16(7-3-6-15)10-5-2-4-9(8-10)11(12,13)14/h9-10H,2-8,15H2,1H3. The van der Waals surface area contributed by atoms with Gasteiger partial charge >= 0.3 is 6.18 Å². The minimum atomic E-state index is -4.02. The topological polar surface area (TPSA) is 29.3 Å². The molecule has 0 aromatic carbocycles. The number of hydrogen-bond acceptors (Lipinski definition) is 2. The zero-order valence-electron chi connectivity index (χ0n) is 9.76. The number of halogens is 3. The van der Waals surface area contributed by atoms with Crippen molar-refractivity contribution in [3.05, 3.63) is 0 Å². The zero-order chi connectivity index (χ0) is 12.2. The highest BCUT2D eigenvalue weighted by Crippen LogP contribution is 2.38. The van der Waals surface area contributed by atoms with Gasteiger partial charge in [-0.05, 0) is 45.8 Å². The maximum Gasteiger partial charge on any atom is 0.391 e. The molecule has 0 spiro atoms. The summed E-state index contributed by atoms with van der Waals surface area (Å²) in [6.45, 7) is 1.39. The third-order valence-electron chi connectivity index (χ3n) is 3.45. The first kappa shape index (κ1) is 13.8. The number of alkyl halides is 3. The van der Waals surface area contributed by atoms with E-state index in [1.165, 1.54) is 0 Å². The van der Waals surface area contributed by atoms with E-state index < -0.39 is 12.1 Å². The first-order chi connectivity index (χ1) is 7.45. The lowest BCUT2D eigenvalue weighted by Gasteiger charge is -2.36. The minimum absolute atomic E-state index is 0.0759. The van der Waals surface area contributed by atoms with Gasteiger partial charge < -0.3 is 10.6 Å². The molecule has 96 valence electrons. The normalized spacial score (nSPS) is 27.4. The van der Waals surface area contributed by atoms with E-state index in [1.54, 1.807) is 0 Å². The van der Waals surface area contributed by atoms with Crippen molar-refractivity contribution in [1.29, 1.82) is 0 Å². The Bertz CT molecular complexity index is 206. The second-order valence-electron chi connectivity index (χ2n) is 4.68. The molecule has 2 nitrogen and oxygen atoms in total. The van der Waals surface area contributed by atoms with Crippen LogP contribution in [-0.2, 0) is 0 Å². The fourth-order valence-electron chi connectivity index (χ4n) is 2.38. The van der Waals surface area contributed by atoms with Crippen molar-refractivity contribution >= 4 is 0 Å². The van der Waals surface area contributed by atoms with Gasteiger partial charge in [0.15, 0.2) is 0 Å². The molecule has 0 aliphatic heterocycles. The number of hydrogen-bond donors (Lipinski definition) is 1. The molecule has 1 rings (SSSR count). The highest BCUT2D eigenvalue weighted by atomic mass is 19.4. The summed E-state index contributed by atoms with van der Waals surface area (Å²) in [6.07, 6.45) is -1.05. The predicted molar refractivity (Wildman–Crippen MR) is 58.1 cm³/mol. The van der Waals surface area contributed by atoms with Crippen molar-refractivity contribution in [3.8, 4) is 0 Å². The Morgan fingerprint density at radius 3 is 2.56 bits per heavy atom.